The molecule has 1 aromatic heterocycles. The van der Waals surface area contributed by atoms with E-state index in [2.05, 4.69) is 30.2 Å². The van der Waals surface area contributed by atoms with Gasteiger partial charge in [0, 0.05) is 18.7 Å². The summed E-state index contributed by atoms with van der Waals surface area (Å²) in [5.74, 6) is 1.39. The number of nitrogens with one attached hydrogen (secondary N) is 1. The Balaban J connectivity index is 2.20. The van der Waals surface area contributed by atoms with Crippen molar-refractivity contribution in [3.8, 4) is 11.6 Å². The second-order valence-electron chi connectivity index (χ2n) is 5.48. The van der Waals surface area contributed by atoms with Crippen LogP contribution in [0.4, 0.5) is 0 Å². The molecular weight excluding hydrogens is 284 g/mol. The summed E-state index contributed by atoms with van der Waals surface area (Å²) in [6.45, 7) is 8.86. The molecule has 21 heavy (non-hydrogen) atoms. The van der Waals surface area contributed by atoms with Gasteiger partial charge in [0.1, 0.15) is 5.75 Å². The molecule has 0 spiro atoms. The number of halogens is 1. The standard InChI is InChI=1S/C17H21ClN2O/c1-11(2)19-10-15-14(18)7-8-17(20-15)21-16-9-12(3)5-6-13(16)4/h5-9,11,19H,10H2,1-4H3. The van der Waals surface area contributed by atoms with Crippen LogP contribution in [0, 0.1) is 13.8 Å². The van der Waals surface area contributed by atoms with Crippen molar-refractivity contribution in [1.29, 1.82) is 0 Å². The molecule has 0 aliphatic carbocycles. The number of benzene rings is 1. The topological polar surface area (TPSA) is 34.1 Å². The molecule has 0 aliphatic heterocycles. The fourth-order valence-electron chi connectivity index (χ4n) is 1.88. The molecule has 0 saturated heterocycles. The minimum absolute atomic E-state index is 0.381. The molecule has 0 fully saturated rings. The van der Waals surface area contributed by atoms with Crippen molar-refractivity contribution >= 4 is 11.6 Å². The lowest BCUT2D eigenvalue weighted by molar-refractivity contribution is 0.454. The Hall–Kier alpha value is -1.58. The van der Waals surface area contributed by atoms with Gasteiger partial charge < -0.3 is 10.1 Å². The largest absolute Gasteiger partial charge is 0.439 e. The highest BCUT2D eigenvalue weighted by molar-refractivity contribution is 6.31. The molecule has 0 bridgehead atoms. The minimum Gasteiger partial charge on any atom is -0.439 e. The van der Waals surface area contributed by atoms with Gasteiger partial charge in [-0.2, -0.15) is 0 Å². The second-order valence-corrected chi connectivity index (χ2v) is 5.89. The molecule has 112 valence electrons. The van der Waals surface area contributed by atoms with Crippen LogP contribution < -0.4 is 10.1 Å². The summed E-state index contributed by atoms with van der Waals surface area (Å²) in [6.07, 6.45) is 0. The summed E-state index contributed by atoms with van der Waals surface area (Å²) >= 11 is 6.18. The first-order valence-corrected chi connectivity index (χ1v) is 7.47. The molecule has 3 nitrogen and oxygen atoms in total. The summed E-state index contributed by atoms with van der Waals surface area (Å²) in [5.41, 5.74) is 3.04. The molecule has 2 aromatic rings. The average molecular weight is 305 g/mol. The van der Waals surface area contributed by atoms with E-state index < -0.39 is 0 Å². The lowest BCUT2D eigenvalue weighted by Gasteiger charge is -2.12. The van der Waals surface area contributed by atoms with E-state index in [4.69, 9.17) is 16.3 Å². The lowest BCUT2D eigenvalue weighted by atomic mass is 10.1. The van der Waals surface area contributed by atoms with Gasteiger partial charge in [-0.3, -0.25) is 0 Å². The van der Waals surface area contributed by atoms with Crippen molar-refractivity contribution in [2.45, 2.75) is 40.3 Å². The maximum absolute atomic E-state index is 6.18. The van der Waals surface area contributed by atoms with Crippen LogP contribution in [0.15, 0.2) is 30.3 Å². The molecule has 4 heteroatoms. The monoisotopic (exact) mass is 304 g/mol. The van der Waals surface area contributed by atoms with Crippen molar-refractivity contribution in [1.82, 2.24) is 10.3 Å². The first kappa shape index (κ1) is 15.8. The van der Waals surface area contributed by atoms with Gasteiger partial charge in [-0.1, -0.05) is 37.6 Å². The molecule has 0 aliphatic rings. The molecule has 0 radical (unpaired) electrons. The van der Waals surface area contributed by atoms with E-state index in [1.54, 1.807) is 6.07 Å². The zero-order valence-corrected chi connectivity index (χ0v) is 13.7. The number of aryl methyl sites for hydroxylation is 2. The zero-order valence-electron chi connectivity index (χ0n) is 12.9. The summed E-state index contributed by atoms with van der Waals surface area (Å²) in [5, 5.41) is 3.96. The number of pyridine rings is 1. The third kappa shape index (κ3) is 4.45. The van der Waals surface area contributed by atoms with E-state index in [0.29, 0.717) is 23.5 Å². The number of nitrogens with zero attached hydrogens (tertiary/aromatic N) is 1. The summed E-state index contributed by atoms with van der Waals surface area (Å²) in [6, 6.07) is 10.1. The van der Waals surface area contributed by atoms with Crippen LogP contribution in [0.2, 0.25) is 5.02 Å². The highest BCUT2D eigenvalue weighted by atomic mass is 35.5. The van der Waals surface area contributed by atoms with Crippen molar-refractivity contribution in [3.05, 3.63) is 52.2 Å². The smallest absolute Gasteiger partial charge is 0.219 e. The first-order chi connectivity index (χ1) is 9.95. The van der Waals surface area contributed by atoms with E-state index in [-0.39, 0.29) is 0 Å². The predicted molar refractivity (Wildman–Crippen MR) is 87.2 cm³/mol. The van der Waals surface area contributed by atoms with E-state index in [0.717, 1.165) is 22.6 Å². The Morgan fingerprint density at radius 2 is 1.95 bits per heavy atom. The van der Waals surface area contributed by atoms with E-state index in [1.165, 1.54) is 0 Å². The molecule has 0 atom stereocenters. The van der Waals surface area contributed by atoms with Crippen LogP contribution in [0.1, 0.15) is 30.7 Å². The van der Waals surface area contributed by atoms with Crippen molar-refractivity contribution in [3.63, 3.8) is 0 Å². The number of rotatable bonds is 5. The Bertz CT molecular complexity index is 626. The number of ether oxygens (including phenoxy) is 1. The molecule has 0 unspecified atom stereocenters. The zero-order chi connectivity index (χ0) is 15.4. The minimum atomic E-state index is 0.381. The summed E-state index contributed by atoms with van der Waals surface area (Å²) in [4.78, 5) is 4.49. The van der Waals surface area contributed by atoms with Gasteiger partial charge in [-0.15, -0.1) is 0 Å². The molecule has 0 saturated carbocycles. The normalized spacial score (nSPS) is 11.0. The number of hydrogen-bond acceptors (Lipinski definition) is 3. The van der Waals surface area contributed by atoms with Gasteiger partial charge >= 0.3 is 0 Å². The Morgan fingerprint density at radius 3 is 2.67 bits per heavy atom. The van der Waals surface area contributed by atoms with Crippen LogP contribution in [0.25, 0.3) is 0 Å². The van der Waals surface area contributed by atoms with Crippen molar-refractivity contribution in [2.75, 3.05) is 0 Å². The second kappa shape index (κ2) is 6.92. The van der Waals surface area contributed by atoms with Gasteiger partial charge in [-0.25, -0.2) is 4.98 Å². The first-order valence-electron chi connectivity index (χ1n) is 7.09. The highest BCUT2D eigenvalue weighted by Gasteiger charge is 2.08. The van der Waals surface area contributed by atoms with Crippen molar-refractivity contribution < 1.29 is 4.74 Å². The van der Waals surface area contributed by atoms with Gasteiger partial charge in [0.15, 0.2) is 0 Å². The van der Waals surface area contributed by atoms with Crippen LogP contribution >= 0.6 is 11.6 Å². The molecule has 1 N–H and O–H groups in total. The SMILES string of the molecule is Cc1ccc(C)c(Oc2ccc(Cl)c(CNC(C)C)n2)c1. The van der Waals surface area contributed by atoms with E-state index in [1.807, 2.05) is 32.0 Å². The van der Waals surface area contributed by atoms with Crippen LogP contribution in [-0.4, -0.2) is 11.0 Å². The van der Waals surface area contributed by atoms with E-state index in [9.17, 15) is 0 Å². The Labute approximate surface area is 131 Å². The lowest BCUT2D eigenvalue weighted by Crippen LogP contribution is -2.22. The summed E-state index contributed by atoms with van der Waals surface area (Å²) in [7, 11) is 0. The number of aromatic nitrogens is 1. The van der Waals surface area contributed by atoms with Crippen LogP contribution in [-0.2, 0) is 6.54 Å². The van der Waals surface area contributed by atoms with Crippen LogP contribution in [0.5, 0.6) is 11.6 Å². The molecule has 1 aromatic carbocycles. The highest BCUT2D eigenvalue weighted by Crippen LogP contribution is 2.26. The Morgan fingerprint density at radius 1 is 1.19 bits per heavy atom. The fraction of sp³-hybridized carbons (Fsp3) is 0.353. The predicted octanol–water partition coefficient (Wildman–Crippen LogP) is 4.64. The van der Waals surface area contributed by atoms with E-state index >= 15 is 0 Å². The van der Waals surface area contributed by atoms with Gasteiger partial charge in [-0.05, 0) is 37.1 Å². The maximum Gasteiger partial charge on any atom is 0.219 e. The van der Waals surface area contributed by atoms with Gasteiger partial charge in [0.25, 0.3) is 0 Å². The van der Waals surface area contributed by atoms with Gasteiger partial charge in [0.2, 0.25) is 5.88 Å². The maximum atomic E-state index is 6.18. The molecular formula is C17H21ClN2O. The number of hydrogen-bond donors (Lipinski definition) is 1. The fourth-order valence-corrected chi connectivity index (χ4v) is 2.05. The van der Waals surface area contributed by atoms with Crippen LogP contribution in [0.3, 0.4) is 0 Å². The average Bonchev–Trinajstić information content (AvgIpc) is 2.43. The third-order valence-corrected chi connectivity index (χ3v) is 3.47. The molecule has 2 rings (SSSR count). The van der Waals surface area contributed by atoms with Gasteiger partial charge in [0.05, 0.1) is 10.7 Å². The molecule has 1 heterocycles. The summed E-state index contributed by atoms with van der Waals surface area (Å²) < 4.78 is 5.89. The molecule has 0 amide bonds. The Kier molecular flexibility index (Phi) is 5.21. The third-order valence-electron chi connectivity index (χ3n) is 3.13. The van der Waals surface area contributed by atoms with Crippen molar-refractivity contribution in [2.24, 2.45) is 0 Å². The quantitative estimate of drug-likeness (QED) is 0.873.